The van der Waals surface area contributed by atoms with E-state index in [9.17, 15) is 4.79 Å². The number of nitrogens with one attached hydrogen (secondary N) is 2. The molecule has 0 aliphatic rings. The van der Waals surface area contributed by atoms with Crippen LogP contribution in [0.15, 0.2) is 30.6 Å². The minimum absolute atomic E-state index is 0.0887. The number of amides is 1. The highest BCUT2D eigenvalue weighted by molar-refractivity contribution is 7.18. The van der Waals surface area contributed by atoms with Gasteiger partial charge in [-0.15, -0.1) is 11.3 Å². The highest BCUT2D eigenvalue weighted by atomic mass is 32.1. The van der Waals surface area contributed by atoms with Crippen molar-refractivity contribution in [3.8, 4) is 11.5 Å². The van der Waals surface area contributed by atoms with E-state index in [1.165, 1.54) is 6.33 Å². The van der Waals surface area contributed by atoms with E-state index in [-0.39, 0.29) is 12.5 Å². The van der Waals surface area contributed by atoms with E-state index >= 15 is 0 Å². The number of anilines is 1. The number of nitrogens with zero attached hydrogens (tertiary/aromatic N) is 2. The first-order chi connectivity index (χ1) is 13.1. The van der Waals surface area contributed by atoms with Gasteiger partial charge in [-0.1, -0.05) is 6.07 Å². The third kappa shape index (κ3) is 4.65. The third-order valence-electron chi connectivity index (χ3n) is 4.05. The van der Waals surface area contributed by atoms with E-state index in [0.717, 1.165) is 20.7 Å². The Balaban J connectivity index is 1.50. The second-order valence-electron chi connectivity index (χ2n) is 5.94. The van der Waals surface area contributed by atoms with Crippen LogP contribution in [0.1, 0.15) is 10.4 Å². The molecule has 1 aromatic carbocycles. The molecule has 3 aromatic rings. The van der Waals surface area contributed by atoms with Crippen LogP contribution in [0.25, 0.3) is 10.2 Å². The Morgan fingerprint density at radius 3 is 2.74 bits per heavy atom. The molecule has 0 fully saturated rings. The Morgan fingerprint density at radius 1 is 1.15 bits per heavy atom. The average molecular weight is 386 g/mol. The predicted octanol–water partition coefficient (Wildman–Crippen LogP) is 2.79. The second kappa shape index (κ2) is 8.68. The van der Waals surface area contributed by atoms with Crippen molar-refractivity contribution in [1.82, 2.24) is 15.3 Å². The molecule has 27 heavy (non-hydrogen) atoms. The van der Waals surface area contributed by atoms with E-state index in [1.807, 2.05) is 31.2 Å². The number of benzene rings is 1. The van der Waals surface area contributed by atoms with Gasteiger partial charge in [0.2, 0.25) is 5.91 Å². The van der Waals surface area contributed by atoms with Crippen molar-refractivity contribution in [1.29, 1.82) is 0 Å². The number of hydrogen-bond acceptors (Lipinski definition) is 7. The maximum absolute atomic E-state index is 12.1. The Labute approximate surface area is 161 Å². The quantitative estimate of drug-likeness (QED) is 0.619. The maximum atomic E-state index is 12.1. The molecule has 0 radical (unpaired) electrons. The minimum atomic E-state index is -0.0887. The van der Waals surface area contributed by atoms with Gasteiger partial charge in [0.15, 0.2) is 11.5 Å². The van der Waals surface area contributed by atoms with Gasteiger partial charge in [0.25, 0.3) is 0 Å². The van der Waals surface area contributed by atoms with Gasteiger partial charge in [-0.25, -0.2) is 9.97 Å². The number of fused-ring (bicyclic) bond motifs is 1. The molecule has 2 N–H and O–H groups in total. The summed E-state index contributed by atoms with van der Waals surface area (Å²) in [5.41, 5.74) is 1.06. The zero-order chi connectivity index (χ0) is 19.2. The van der Waals surface area contributed by atoms with Gasteiger partial charge in [0.05, 0.1) is 26.2 Å². The smallest absolute Gasteiger partial charge is 0.239 e. The number of carbonyl (C=O) groups is 1. The molecule has 0 saturated heterocycles. The fourth-order valence-electron chi connectivity index (χ4n) is 2.73. The average Bonchev–Trinajstić information content (AvgIpc) is 3.06. The Morgan fingerprint density at radius 2 is 1.96 bits per heavy atom. The molecule has 142 valence electrons. The number of thiophene rings is 1. The SMILES string of the molecule is COc1ccc(CCNC(=O)CNc2ncnc3sc(C)cc23)cc1OC. The van der Waals surface area contributed by atoms with Crippen molar-refractivity contribution in [2.75, 3.05) is 32.6 Å². The van der Waals surface area contributed by atoms with Crippen LogP contribution < -0.4 is 20.1 Å². The standard InChI is InChI=1S/C19H22N4O3S/c1-12-8-14-18(22-11-23-19(14)27-12)21-10-17(24)20-7-6-13-4-5-15(25-2)16(9-13)26-3/h4-5,8-9,11H,6-7,10H2,1-3H3,(H,20,24)(H,21,22,23). The summed E-state index contributed by atoms with van der Waals surface area (Å²) >= 11 is 1.61. The monoisotopic (exact) mass is 386 g/mol. The number of methoxy groups -OCH3 is 2. The van der Waals surface area contributed by atoms with Crippen LogP contribution >= 0.6 is 11.3 Å². The van der Waals surface area contributed by atoms with Gasteiger partial charge in [-0.3, -0.25) is 4.79 Å². The van der Waals surface area contributed by atoms with Crippen LogP contribution in [0.5, 0.6) is 11.5 Å². The summed E-state index contributed by atoms with van der Waals surface area (Å²) in [4.78, 5) is 22.7. The fourth-order valence-corrected chi connectivity index (χ4v) is 3.57. The molecule has 0 bridgehead atoms. The van der Waals surface area contributed by atoms with Crippen LogP contribution in [0, 0.1) is 6.92 Å². The molecule has 0 aliphatic heterocycles. The lowest BCUT2D eigenvalue weighted by molar-refractivity contribution is -0.119. The maximum Gasteiger partial charge on any atom is 0.239 e. The number of aromatic nitrogens is 2. The van der Waals surface area contributed by atoms with Crippen LogP contribution in [0.4, 0.5) is 5.82 Å². The lowest BCUT2D eigenvalue weighted by Gasteiger charge is -2.10. The lowest BCUT2D eigenvalue weighted by atomic mass is 10.1. The van der Waals surface area contributed by atoms with E-state index in [1.54, 1.807) is 25.6 Å². The van der Waals surface area contributed by atoms with Gasteiger partial charge in [0.1, 0.15) is 17.0 Å². The number of rotatable bonds is 8. The van der Waals surface area contributed by atoms with Crippen molar-refractivity contribution in [3.63, 3.8) is 0 Å². The number of aryl methyl sites for hydroxylation is 1. The van der Waals surface area contributed by atoms with Crippen LogP contribution in [0.2, 0.25) is 0 Å². The molecule has 1 amide bonds. The molecular weight excluding hydrogens is 364 g/mol. The van der Waals surface area contributed by atoms with Crippen LogP contribution in [-0.2, 0) is 11.2 Å². The summed E-state index contributed by atoms with van der Waals surface area (Å²) in [5, 5.41) is 6.94. The minimum Gasteiger partial charge on any atom is -0.493 e. The summed E-state index contributed by atoms with van der Waals surface area (Å²) in [6, 6.07) is 7.76. The molecular formula is C19H22N4O3S. The largest absolute Gasteiger partial charge is 0.493 e. The molecule has 0 aliphatic carbocycles. The summed E-state index contributed by atoms with van der Waals surface area (Å²) in [6.07, 6.45) is 2.21. The van der Waals surface area contributed by atoms with Gasteiger partial charge >= 0.3 is 0 Å². The van der Waals surface area contributed by atoms with Crippen molar-refractivity contribution >= 4 is 33.3 Å². The van der Waals surface area contributed by atoms with Crippen molar-refractivity contribution < 1.29 is 14.3 Å². The fraction of sp³-hybridized carbons (Fsp3) is 0.316. The molecule has 0 atom stereocenters. The zero-order valence-corrected chi connectivity index (χ0v) is 16.4. The summed E-state index contributed by atoms with van der Waals surface area (Å²) in [5.74, 6) is 1.96. The van der Waals surface area contributed by atoms with Crippen molar-refractivity contribution in [3.05, 3.63) is 41.0 Å². The first-order valence-corrected chi connectivity index (χ1v) is 9.35. The molecule has 0 saturated carbocycles. The van der Waals surface area contributed by atoms with Crippen molar-refractivity contribution in [2.45, 2.75) is 13.3 Å². The summed E-state index contributed by atoms with van der Waals surface area (Å²) in [6.45, 7) is 2.72. The molecule has 2 heterocycles. The third-order valence-corrected chi connectivity index (χ3v) is 5.01. The molecule has 3 rings (SSSR count). The number of ether oxygens (including phenoxy) is 2. The Bertz CT molecular complexity index is 942. The molecule has 2 aromatic heterocycles. The Hall–Kier alpha value is -2.87. The topological polar surface area (TPSA) is 85.4 Å². The summed E-state index contributed by atoms with van der Waals surface area (Å²) < 4.78 is 10.5. The van der Waals surface area contributed by atoms with E-state index in [2.05, 4.69) is 20.6 Å². The first kappa shape index (κ1) is 18.9. The molecule has 7 nitrogen and oxygen atoms in total. The van der Waals surface area contributed by atoms with Crippen molar-refractivity contribution in [2.24, 2.45) is 0 Å². The first-order valence-electron chi connectivity index (χ1n) is 8.53. The van der Waals surface area contributed by atoms with E-state index in [0.29, 0.717) is 30.3 Å². The molecule has 0 unspecified atom stereocenters. The lowest BCUT2D eigenvalue weighted by Crippen LogP contribution is -2.31. The van der Waals surface area contributed by atoms with Crippen LogP contribution in [-0.4, -0.2) is 43.2 Å². The predicted molar refractivity (Wildman–Crippen MR) is 107 cm³/mol. The normalized spacial score (nSPS) is 10.6. The van der Waals surface area contributed by atoms with E-state index < -0.39 is 0 Å². The van der Waals surface area contributed by atoms with Gasteiger partial charge in [-0.2, -0.15) is 0 Å². The van der Waals surface area contributed by atoms with Crippen LogP contribution in [0.3, 0.4) is 0 Å². The van der Waals surface area contributed by atoms with E-state index in [4.69, 9.17) is 9.47 Å². The zero-order valence-electron chi connectivity index (χ0n) is 15.5. The highest BCUT2D eigenvalue weighted by Gasteiger charge is 2.09. The molecule has 0 spiro atoms. The van der Waals surface area contributed by atoms with Gasteiger partial charge in [0, 0.05) is 11.4 Å². The summed E-state index contributed by atoms with van der Waals surface area (Å²) in [7, 11) is 3.21. The molecule has 8 heteroatoms. The second-order valence-corrected chi connectivity index (χ2v) is 7.18. The van der Waals surface area contributed by atoms with Gasteiger partial charge in [-0.05, 0) is 37.1 Å². The number of carbonyl (C=O) groups excluding carboxylic acids is 1. The number of hydrogen-bond donors (Lipinski definition) is 2. The highest BCUT2D eigenvalue weighted by Crippen LogP contribution is 2.28. The van der Waals surface area contributed by atoms with Gasteiger partial charge < -0.3 is 20.1 Å². The Kier molecular flexibility index (Phi) is 6.08.